The molecule has 40 heavy (non-hydrogen) atoms. The van der Waals surface area contributed by atoms with Gasteiger partial charge in [0.2, 0.25) is 0 Å². The molecule has 0 saturated heterocycles. The number of hydrogen-bond donors (Lipinski definition) is 3. The molecule has 3 aromatic heterocycles. The number of anilines is 3. The zero-order valence-electron chi connectivity index (χ0n) is 23.7. The minimum atomic E-state index is -0.355. The molecule has 1 aliphatic heterocycles. The number of hydrogen-bond acceptors (Lipinski definition) is 8. The van der Waals surface area contributed by atoms with Crippen LogP contribution in [0.5, 0.6) is 0 Å². The van der Waals surface area contributed by atoms with Crippen LogP contribution in [0.3, 0.4) is 0 Å². The first kappa shape index (κ1) is 27.1. The van der Waals surface area contributed by atoms with E-state index in [0.29, 0.717) is 28.5 Å². The summed E-state index contributed by atoms with van der Waals surface area (Å²) in [5.74, 6) is 0.260. The third-order valence-corrected chi connectivity index (χ3v) is 7.13. The molecule has 0 spiro atoms. The molecule has 4 heterocycles. The molecule has 0 aliphatic carbocycles. The average molecular weight is 539 g/mol. The van der Waals surface area contributed by atoms with Crippen LogP contribution in [0, 0.1) is 13.8 Å². The molecule has 0 radical (unpaired) electrons. The van der Waals surface area contributed by atoms with Gasteiger partial charge in [-0.1, -0.05) is 39.0 Å². The van der Waals surface area contributed by atoms with Gasteiger partial charge in [0, 0.05) is 53.6 Å². The van der Waals surface area contributed by atoms with E-state index >= 15 is 0 Å². The van der Waals surface area contributed by atoms with E-state index in [1.165, 1.54) is 11.8 Å². The summed E-state index contributed by atoms with van der Waals surface area (Å²) in [7, 11) is 2.09. The van der Waals surface area contributed by atoms with E-state index in [1.54, 1.807) is 6.20 Å². The highest BCUT2D eigenvalue weighted by Crippen LogP contribution is 2.29. The fraction of sp³-hybridized carbons (Fsp3) is 0.333. The van der Waals surface area contributed by atoms with Crippen molar-refractivity contribution in [3.63, 3.8) is 0 Å². The highest BCUT2D eigenvalue weighted by Gasteiger charge is 2.19. The molecule has 1 aliphatic rings. The molecule has 0 atom stereocenters. The Morgan fingerprint density at radius 2 is 1.88 bits per heavy atom. The van der Waals surface area contributed by atoms with Gasteiger partial charge in [-0.25, -0.2) is 15.1 Å². The first-order valence-corrected chi connectivity index (χ1v) is 13.3. The standard InChI is InChI=1S/C30H34N8O2/c1-17-7-8-19(13-22(17)34-28(39)23-14-32-24(15-31-23)30(3,4)5)26-18(2)27(29(40)37-36-26)35-25-10-9-20-16-38(6)12-11-21(20)33-25/h7-10,13-15H,11-12,16H2,1-6H3,(H,34,39)(H,37,40)(H,33,35,36). The third kappa shape index (κ3) is 5.62. The van der Waals surface area contributed by atoms with Crippen LogP contribution in [0.2, 0.25) is 0 Å². The van der Waals surface area contributed by atoms with Gasteiger partial charge in [0.1, 0.15) is 17.2 Å². The lowest BCUT2D eigenvalue weighted by atomic mass is 9.93. The molecule has 4 aromatic rings. The normalized spacial score (nSPS) is 13.6. The van der Waals surface area contributed by atoms with Gasteiger partial charge < -0.3 is 15.5 Å². The highest BCUT2D eigenvalue weighted by molar-refractivity contribution is 6.03. The number of fused-ring (bicyclic) bond motifs is 1. The van der Waals surface area contributed by atoms with E-state index in [9.17, 15) is 9.59 Å². The monoisotopic (exact) mass is 538 g/mol. The SMILES string of the molecule is Cc1ccc(-c2n[nH]c(=O)c(Nc3ccc4c(n3)CCN(C)C4)c2C)cc1NC(=O)c1cnc(C(C)(C)C)cn1. The van der Waals surface area contributed by atoms with Crippen LogP contribution in [-0.2, 0) is 18.4 Å². The van der Waals surface area contributed by atoms with Crippen molar-refractivity contribution in [3.8, 4) is 11.3 Å². The Morgan fingerprint density at radius 3 is 2.60 bits per heavy atom. The number of aryl methyl sites for hydroxylation is 1. The predicted molar refractivity (Wildman–Crippen MR) is 156 cm³/mol. The zero-order chi connectivity index (χ0) is 28.6. The van der Waals surface area contributed by atoms with E-state index in [1.807, 2.05) is 58.9 Å². The summed E-state index contributed by atoms with van der Waals surface area (Å²) in [6, 6.07) is 9.61. The maximum absolute atomic E-state index is 13.0. The second-order valence-electron chi connectivity index (χ2n) is 11.3. The zero-order valence-corrected chi connectivity index (χ0v) is 23.7. The molecule has 1 aromatic carbocycles. The first-order chi connectivity index (χ1) is 19.0. The molecule has 0 unspecified atom stereocenters. The number of pyridine rings is 1. The molecule has 10 heteroatoms. The number of carbonyl (C=O) groups is 1. The van der Waals surface area contributed by atoms with Crippen molar-refractivity contribution in [3.05, 3.63) is 86.9 Å². The van der Waals surface area contributed by atoms with Crippen LogP contribution >= 0.6 is 0 Å². The smallest absolute Gasteiger partial charge is 0.288 e. The Labute approximate surface area is 233 Å². The first-order valence-electron chi connectivity index (χ1n) is 13.3. The number of carbonyl (C=O) groups excluding carboxylic acids is 1. The summed E-state index contributed by atoms with van der Waals surface area (Å²) in [6.45, 7) is 11.7. The second-order valence-corrected chi connectivity index (χ2v) is 11.3. The number of rotatable bonds is 5. The van der Waals surface area contributed by atoms with E-state index in [-0.39, 0.29) is 22.6 Å². The molecular weight excluding hydrogens is 504 g/mol. The maximum Gasteiger partial charge on any atom is 0.288 e. The molecular formula is C30H34N8O2. The van der Waals surface area contributed by atoms with Crippen LogP contribution in [0.25, 0.3) is 11.3 Å². The van der Waals surface area contributed by atoms with E-state index in [2.05, 4.69) is 48.8 Å². The van der Waals surface area contributed by atoms with Crippen molar-refractivity contribution in [1.29, 1.82) is 0 Å². The Balaban J connectivity index is 1.41. The lowest BCUT2D eigenvalue weighted by molar-refractivity contribution is 0.102. The number of H-pyrrole nitrogens is 1. The molecule has 0 bridgehead atoms. The Morgan fingerprint density at radius 1 is 1.07 bits per heavy atom. The second kappa shape index (κ2) is 10.6. The third-order valence-electron chi connectivity index (χ3n) is 7.13. The summed E-state index contributed by atoms with van der Waals surface area (Å²) < 4.78 is 0. The highest BCUT2D eigenvalue weighted by atomic mass is 16.2. The Kier molecular flexibility index (Phi) is 7.20. The van der Waals surface area contributed by atoms with Crippen LogP contribution in [-0.4, -0.2) is 49.5 Å². The molecule has 1 amide bonds. The van der Waals surface area contributed by atoms with Crippen molar-refractivity contribution in [2.45, 2.75) is 53.0 Å². The summed E-state index contributed by atoms with van der Waals surface area (Å²) >= 11 is 0. The summed E-state index contributed by atoms with van der Waals surface area (Å²) in [5.41, 5.74) is 6.67. The molecule has 3 N–H and O–H groups in total. The predicted octanol–water partition coefficient (Wildman–Crippen LogP) is 4.52. The number of aromatic nitrogens is 5. The van der Waals surface area contributed by atoms with E-state index in [0.717, 1.165) is 42.0 Å². The quantitative estimate of drug-likeness (QED) is 0.338. The van der Waals surface area contributed by atoms with Crippen LogP contribution in [0.1, 0.15) is 59.3 Å². The number of benzene rings is 1. The van der Waals surface area contributed by atoms with E-state index in [4.69, 9.17) is 4.98 Å². The van der Waals surface area contributed by atoms with Gasteiger partial charge in [0.05, 0.1) is 17.6 Å². The van der Waals surface area contributed by atoms with Gasteiger partial charge in [-0.3, -0.25) is 14.6 Å². The Hall–Kier alpha value is -4.44. The van der Waals surface area contributed by atoms with Crippen LogP contribution in [0.4, 0.5) is 17.2 Å². The van der Waals surface area contributed by atoms with Crippen molar-refractivity contribution in [1.82, 2.24) is 30.0 Å². The van der Waals surface area contributed by atoms with Crippen LogP contribution in [0.15, 0.2) is 47.5 Å². The van der Waals surface area contributed by atoms with Crippen molar-refractivity contribution in [2.75, 3.05) is 24.2 Å². The minimum absolute atomic E-state index is 0.158. The van der Waals surface area contributed by atoms with Gasteiger partial charge in [-0.2, -0.15) is 5.10 Å². The summed E-state index contributed by atoms with van der Waals surface area (Å²) in [4.78, 5) is 41.5. The van der Waals surface area contributed by atoms with Gasteiger partial charge in [0.15, 0.2) is 0 Å². The largest absolute Gasteiger partial charge is 0.335 e. The number of nitrogens with zero attached hydrogens (tertiary/aromatic N) is 5. The fourth-order valence-electron chi connectivity index (χ4n) is 4.64. The summed E-state index contributed by atoms with van der Waals surface area (Å²) in [6.07, 6.45) is 3.99. The number of amides is 1. The number of nitrogens with one attached hydrogen (secondary N) is 3. The molecule has 0 fully saturated rings. The van der Waals surface area contributed by atoms with Gasteiger partial charge in [0.25, 0.3) is 11.5 Å². The summed E-state index contributed by atoms with van der Waals surface area (Å²) in [5, 5.41) is 13.1. The number of likely N-dealkylation sites (N-methyl/N-ethyl adjacent to an activating group) is 1. The molecule has 0 saturated carbocycles. The molecule has 206 valence electrons. The topological polar surface area (TPSA) is 129 Å². The molecule has 10 nitrogen and oxygen atoms in total. The van der Waals surface area contributed by atoms with Gasteiger partial charge >= 0.3 is 0 Å². The maximum atomic E-state index is 13.0. The van der Waals surface area contributed by atoms with Crippen molar-refractivity contribution < 1.29 is 4.79 Å². The number of aromatic amines is 1. The minimum Gasteiger partial charge on any atom is -0.335 e. The van der Waals surface area contributed by atoms with Crippen molar-refractivity contribution >= 4 is 23.1 Å². The fourth-order valence-corrected chi connectivity index (χ4v) is 4.64. The lowest BCUT2D eigenvalue weighted by Crippen LogP contribution is -2.27. The van der Waals surface area contributed by atoms with Gasteiger partial charge in [-0.15, -0.1) is 0 Å². The average Bonchev–Trinajstić information content (AvgIpc) is 2.92. The van der Waals surface area contributed by atoms with Crippen LogP contribution < -0.4 is 16.2 Å². The van der Waals surface area contributed by atoms with Crippen molar-refractivity contribution in [2.24, 2.45) is 0 Å². The lowest BCUT2D eigenvalue weighted by Gasteiger charge is -2.24. The molecule has 5 rings (SSSR count). The van der Waals surface area contributed by atoms with E-state index < -0.39 is 0 Å². The van der Waals surface area contributed by atoms with Gasteiger partial charge in [-0.05, 0) is 44.2 Å². The Bertz CT molecular complexity index is 1640.